The molecule has 0 bridgehead atoms. The first-order chi connectivity index (χ1) is 9.31. The number of anilines is 1. The third-order valence-electron chi connectivity index (χ3n) is 2.91. The fourth-order valence-corrected chi connectivity index (χ4v) is 3.90. The molecule has 0 aliphatic rings. The van der Waals surface area contributed by atoms with Crippen LogP contribution in [0.5, 0.6) is 5.75 Å². The van der Waals surface area contributed by atoms with E-state index in [4.69, 9.17) is 0 Å². The molecule has 0 atom stereocenters. The van der Waals surface area contributed by atoms with Crippen molar-refractivity contribution in [1.82, 2.24) is 0 Å². The Morgan fingerprint density at radius 1 is 1.10 bits per heavy atom. The van der Waals surface area contributed by atoms with Crippen LogP contribution in [0.3, 0.4) is 0 Å². The van der Waals surface area contributed by atoms with Crippen LogP contribution in [-0.2, 0) is 10.0 Å². The van der Waals surface area contributed by atoms with Gasteiger partial charge < -0.3 is 5.11 Å². The summed E-state index contributed by atoms with van der Waals surface area (Å²) in [4.78, 5) is 0.171. The van der Waals surface area contributed by atoms with Crippen LogP contribution >= 0.6 is 15.9 Å². The summed E-state index contributed by atoms with van der Waals surface area (Å²) in [5, 5.41) is 9.60. The zero-order chi connectivity index (χ0) is 14.9. The molecule has 20 heavy (non-hydrogen) atoms. The molecule has 0 heterocycles. The highest BCUT2D eigenvalue weighted by molar-refractivity contribution is 9.10. The standard InChI is InChI=1S/C14H14BrNO3S/c1-9-8-13(17)10(2)7-12(9)16-20(18,19)14-6-4-3-5-11(14)15/h3-8,16-17H,1-2H3. The Balaban J connectivity index is 2.44. The lowest BCUT2D eigenvalue weighted by Gasteiger charge is -2.13. The van der Waals surface area contributed by atoms with Crippen molar-refractivity contribution in [2.24, 2.45) is 0 Å². The molecule has 2 N–H and O–H groups in total. The van der Waals surface area contributed by atoms with Crippen molar-refractivity contribution in [3.05, 3.63) is 52.0 Å². The van der Waals surface area contributed by atoms with Crippen molar-refractivity contribution in [3.63, 3.8) is 0 Å². The van der Waals surface area contributed by atoms with E-state index in [1.54, 1.807) is 38.1 Å². The van der Waals surface area contributed by atoms with Crippen LogP contribution in [0.2, 0.25) is 0 Å². The van der Waals surface area contributed by atoms with Crippen LogP contribution in [0.4, 0.5) is 5.69 Å². The first-order valence-corrected chi connectivity index (χ1v) is 8.16. The molecule has 0 aliphatic carbocycles. The van der Waals surface area contributed by atoms with Gasteiger partial charge in [-0.25, -0.2) is 8.42 Å². The minimum absolute atomic E-state index is 0.145. The maximum Gasteiger partial charge on any atom is 0.263 e. The summed E-state index contributed by atoms with van der Waals surface area (Å²) in [5.74, 6) is 0.145. The number of phenols is 1. The fourth-order valence-electron chi connectivity index (χ4n) is 1.77. The molecule has 4 nitrogen and oxygen atoms in total. The summed E-state index contributed by atoms with van der Waals surface area (Å²) in [6.45, 7) is 3.45. The largest absolute Gasteiger partial charge is 0.508 e. The van der Waals surface area contributed by atoms with E-state index in [9.17, 15) is 13.5 Å². The Labute approximate surface area is 126 Å². The van der Waals surface area contributed by atoms with Gasteiger partial charge in [0.25, 0.3) is 10.0 Å². The number of phenolic OH excluding ortho intramolecular Hbond substituents is 1. The van der Waals surface area contributed by atoms with Gasteiger partial charge in [0, 0.05) is 4.47 Å². The predicted octanol–water partition coefficient (Wildman–Crippen LogP) is 3.57. The minimum Gasteiger partial charge on any atom is -0.508 e. The third kappa shape index (κ3) is 2.96. The molecule has 0 saturated heterocycles. The van der Waals surface area contributed by atoms with Gasteiger partial charge in [-0.15, -0.1) is 0 Å². The van der Waals surface area contributed by atoms with Gasteiger partial charge in [0.15, 0.2) is 0 Å². The molecule has 0 fully saturated rings. The zero-order valence-corrected chi connectivity index (χ0v) is 13.4. The van der Waals surface area contributed by atoms with Gasteiger partial charge in [-0.05, 0) is 65.2 Å². The zero-order valence-electron chi connectivity index (χ0n) is 11.0. The minimum atomic E-state index is -3.67. The first-order valence-electron chi connectivity index (χ1n) is 5.89. The Bertz CT molecular complexity index is 757. The monoisotopic (exact) mass is 355 g/mol. The summed E-state index contributed by atoms with van der Waals surface area (Å²) in [5.41, 5.74) is 1.72. The molecule has 0 aromatic heterocycles. The van der Waals surface area contributed by atoms with E-state index in [1.807, 2.05) is 0 Å². The second kappa shape index (κ2) is 5.46. The van der Waals surface area contributed by atoms with E-state index in [1.165, 1.54) is 12.1 Å². The molecular formula is C14H14BrNO3S. The van der Waals surface area contributed by atoms with Crippen molar-refractivity contribution in [1.29, 1.82) is 0 Å². The smallest absolute Gasteiger partial charge is 0.263 e. The molecule has 0 amide bonds. The van der Waals surface area contributed by atoms with E-state index in [0.717, 1.165) is 0 Å². The SMILES string of the molecule is Cc1cc(NS(=O)(=O)c2ccccc2Br)c(C)cc1O. The highest BCUT2D eigenvalue weighted by atomic mass is 79.9. The fraction of sp³-hybridized carbons (Fsp3) is 0.143. The third-order valence-corrected chi connectivity index (χ3v) is 5.29. The van der Waals surface area contributed by atoms with Gasteiger partial charge >= 0.3 is 0 Å². The maximum atomic E-state index is 12.4. The highest BCUT2D eigenvalue weighted by Gasteiger charge is 2.18. The van der Waals surface area contributed by atoms with E-state index in [-0.39, 0.29) is 10.6 Å². The molecule has 0 saturated carbocycles. The number of aryl methyl sites for hydroxylation is 2. The summed E-state index contributed by atoms with van der Waals surface area (Å²) in [7, 11) is -3.67. The average molecular weight is 356 g/mol. The molecule has 2 rings (SSSR count). The molecule has 0 unspecified atom stereocenters. The molecule has 0 aliphatic heterocycles. The van der Waals surface area contributed by atoms with Gasteiger partial charge in [0.05, 0.1) is 5.69 Å². The van der Waals surface area contributed by atoms with Gasteiger partial charge in [0.2, 0.25) is 0 Å². The second-order valence-electron chi connectivity index (χ2n) is 4.49. The molecule has 106 valence electrons. The van der Waals surface area contributed by atoms with Crippen LogP contribution in [-0.4, -0.2) is 13.5 Å². The number of halogens is 1. The molecule has 2 aromatic carbocycles. The lowest BCUT2D eigenvalue weighted by molar-refractivity contribution is 0.471. The number of aromatic hydroxyl groups is 1. The normalized spacial score (nSPS) is 11.3. The van der Waals surface area contributed by atoms with Crippen LogP contribution in [0, 0.1) is 13.8 Å². The lowest BCUT2D eigenvalue weighted by Crippen LogP contribution is -2.14. The molecule has 0 spiro atoms. The summed E-state index contributed by atoms with van der Waals surface area (Å²) >= 11 is 3.23. The van der Waals surface area contributed by atoms with Crippen LogP contribution < -0.4 is 4.72 Å². The number of hydrogen-bond acceptors (Lipinski definition) is 3. The van der Waals surface area contributed by atoms with Crippen molar-refractivity contribution in [2.75, 3.05) is 4.72 Å². The van der Waals surface area contributed by atoms with Crippen molar-refractivity contribution in [2.45, 2.75) is 18.7 Å². The van der Waals surface area contributed by atoms with Gasteiger partial charge in [0.1, 0.15) is 10.6 Å². The maximum absolute atomic E-state index is 12.4. The molecule has 2 aromatic rings. The molecular weight excluding hydrogens is 342 g/mol. The van der Waals surface area contributed by atoms with E-state index in [2.05, 4.69) is 20.7 Å². The van der Waals surface area contributed by atoms with Crippen LogP contribution in [0.15, 0.2) is 45.8 Å². The number of hydrogen-bond donors (Lipinski definition) is 2. The average Bonchev–Trinajstić information content (AvgIpc) is 2.36. The number of nitrogens with one attached hydrogen (secondary N) is 1. The van der Waals surface area contributed by atoms with Crippen molar-refractivity contribution in [3.8, 4) is 5.75 Å². The Hall–Kier alpha value is -1.53. The Morgan fingerprint density at radius 3 is 2.40 bits per heavy atom. The second-order valence-corrected chi connectivity index (χ2v) is 6.99. The van der Waals surface area contributed by atoms with E-state index in [0.29, 0.717) is 21.3 Å². The van der Waals surface area contributed by atoms with Gasteiger partial charge in [-0.1, -0.05) is 12.1 Å². The predicted molar refractivity (Wildman–Crippen MR) is 82.5 cm³/mol. The van der Waals surface area contributed by atoms with E-state index >= 15 is 0 Å². The number of sulfonamides is 1. The first kappa shape index (κ1) is 14.9. The van der Waals surface area contributed by atoms with Crippen LogP contribution in [0.25, 0.3) is 0 Å². The van der Waals surface area contributed by atoms with E-state index < -0.39 is 10.0 Å². The Kier molecular flexibility index (Phi) is 4.06. The number of rotatable bonds is 3. The topological polar surface area (TPSA) is 66.4 Å². The van der Waals surface area contributed by atoms with Crippen LogP contribution in [0.1, 0.15) is 11.1 Å². The molecule has 6 heteroatoms. The molecule has 0 radical (unpaired) electrons. The van der Waals surface area contributed by atoms with Crippen molar-refractivity contribution < 1.29 is 13.5 Å². The van der Waals surface area contributed by atoms with Crippen molar-refractivity contribution >= 4 is 31.6 Å². The lowest BCUT2D eigenvalue weighted by atomic mass is 10.1. The summed E-state index contributed by atoms with van der Waals surface area (Å²) in [6, 6.07) is 9.75. The van der Waals surface area contributed by atoms with Gasteiger partial charge in [-0.3, -0.25) is 4.72 Å². The summed E-state index contributed by atoms with van der Waals surface area (Å²) in [6.07, 6.45) is 0. The Morgan fingerprint density at radius 2 is 1.75 bits per heavy atom. The quantitative estimate of drug-likeness (QED) is 0.827. The highest BCUT2D eigenvalue weighted by Crippen LogP contribution is 2.28. The van der Waals surface area contributed by atoms with Gasteiger partial charge in [-0.2, -0.15) is 0 Å². The summed E-state index contributed by atoms with van der Waals surface area (Å²) < 4.78 is 27.8. The number of benzene rings is 2.